The fourth-order valence-corrected chi connectivity index (χ4v) is 2.25. The van der Waals surface area contributed by atoms with Crippen molar-refractivity contribution in [2.45, 2.75) is 0 Å². The third kappa shape index (κ3) is 2.46. The van der Waals surface area contributed by atoms with Crippen LogP contribution in [0.5, 0.6) is 0 Å². The van der Waals surface area contributed by atoms with Crippen LogP contribution in [0, 0.1) is 11.6 Å². The molecule has 0 aliphatic heterocycles. The van der Waals surface area contributed by atoms with Gasteiger partial charge in [0.25, 0.3) is 0 Å². The Balaban J connectivity index is 2.05. The van der Waals surface area contributed by atoms with Crippen LogP contribution in [0.4, 0.5) is 14.5 Å². The summed E-state index contributed by atoms with van der Waals surface area (Å²) in [4.78, 5) is 6.79. The Labute approximate surface area is 128 Å². The van der Waals surface area contributed by atoms with E-state index in [4.69, 9.17) is 11.6 Å². The zero-order valence-electron chi connectivity index (χ0n) is 10.9. The van der Waals surface area contributed by atoms with E-state index < -0.39 is 11.6 Å². The number of nitrogens with zero attached hydrogens (tertiary/aromatic N) is 2. The quantitative estimate of drug-likeness (QED) is 0.291. The molecule has 112 valence electrons. The molecule has 0 aliphatic rings. The topological polar surface area (TPSA) is 73.3 Å². The van der Waals surface area contributed by atoms with Crippen LogP contribution in [0.25, 0.3) is 11.0 Å². The number of hydrogen-bond acceptors (Lipinski definition) is 3. The lowest BCUT2D eigenvalue weighted by atomic mass is 10.1. The van der Waals surface area contributed by atoms with Crippen LogP contribution in [0.3, 0.4) is 0 Å². The number of nitrogens with one attached hydrogen (secondary N) is 2. The van der Waals surface area contributed by atoms with Gasteiger partial charge < -0.3 is 15.5 Å². The smallest absolute Gasteiger partial charge is 0.182 e. The van der Waals surface area contributed by atoms with Gasteiger partial charge in [-0.1, -0.05) is 16.8 Å². The zero-order chi connectivity index (χ0) is 15.7. The second-order valence-electron chi connectivity index (χ2n) is 4.42. The molecule has 0 fully saturated rings. The molecule has 0 radical (unpaired) electrons. The van der Waals surface area contributed by atoms with E-state index in [-0.39, 0.29) is 16.4 Å². The summed E-state index contributed by atoms with van der Waals surface area (Å²) in [6.45, 7) is 0. The van der Waals surface area contributed by atoms with Gasteiger partial charge in [-0.05, 0) is 30.3 Å². The number of fused-ring (bicyclic) bond motifs is 1. The van der Waals surface area contributed by atoms with Crippen molar-refractivity contribution in [1.29, 1.82) is 0 Å². The van der Waals surface area contributed by atoms with Crippen LogP contribution in [0.2, 0.25) is 5.02 Å². The Morgan fingerprint density at radius 1 is 1.23 bits per heavy atom. The number of aromatic amines is 1. The average molecular weight is 323 g/mol. The highest BCUT2D eigenvalue weighted by molar-refractivity contribution is 6.31. The standard InChI is InChI=1S/C14H9ClF2N4O/c15-8-5-7(1-2-9(8)16)20-14(21-22)12-10(17)3-4-11-13(12)19-6-18-11/h1-6,22H,(H,18,19)(H,20,21). The van der Waals surface area contributed by atoms with E-state index in [0.717, 1.165) is 6.07 Å². The summed E-state index contributed by atoms with van der Waals surface area (Å²) >= 11 is 5.69. The molecule has 2 aromatic carbocycles. The number of aromatic nitrogens is 2. The van der Waals surface area contributed by atoms with E-state index in [1.807, 2.05) is 0 Å². The average Bonchev–Trinajstić information content (AvgIpc) is 2.97. The SMILES string of the molecule is O/N=C(\Nc1ccc(F)c(Cl)c1)c1c(F)ccc2nc[nH]c12. The molecule has 0 unspecified atom stereocenters. The molecule has 3 rings (SSSR count). The lowest BCUT2D eigenvalue weighted by molar-refractivity contribution is 0.319. The lowest BCUT2D eigenvalue weighted by Gasteiger charge is -2.10. The number of amidine groups is 1. The van der Waals surface area contributed by atoms with Crippen molar-refractivity contribution in [1.82, 2.24) is 9.97 Å². The molecule has 22 heavy (non-hydrogen) atoms. The molecule has 0 amide bonds. The second kappa shape index (κ2) is 5.61. The number of halogens is 3. The van der Waals surface area contributed by atoms with E-state index in [2.05, 4.69) is 20.4 Å². The monoisotopic (exact) mass is 322 g/mol. The summed E-state index contributed by atoms with van der Waals surface area (Å²) in [5.74, 6) is -1.35. The van der Waals surface area contributed by atoms with E-state index >= 15 is 0 Å². The fraction of sp³-hybridized carbons (Fsp3) is 0. The molecule has 0 aliphatic carbocycles. The zero-order valence-corrected chi connectivity index (χ0v) is 11.7. The predicted octanol–water partition coefficient (Wildman–Crippen LogP) is 3.74. The second-order valence-corrected chi connectivity index (χ2v) is 4.83. The van der Waals surface area contributed by atoms with E-state index in [0.29, 0.717) is 16.7 Å². The van der Waals surface area contributed by atoms with Crippen molar-refractivity contribution in [3.05, 3.63) is 58.9 Å². The van der Waals surface area contributed by atoms with Gasteiger partial charge in [-0.3, -0.25) is 0 Å². The van der Waals surface area contributed by atoms with Crippen LogP contribution >= 0.6 is 11.6 Å². The van der Waals surface area contributed by atoms with E-state index in [1.165, 1.54) is 30.6 Å². The molecule has 0 atom stereocenters. The molecule has 3 N–H and O–H groups in total. The van der Waals surface area contributed by atoms with E-state index in [1.54, 1.807) is 0 Å². The first-order chi connectivity index (χ1) is 10.6. The van der Waals surface area contributed by atoms with Crippen molar-refractivity contribution < 1.29 is 14.0 Å². The van der Waals surface area contributed by atoms with Crippen molar-refractivity contribution >= 4 is 34.2 Å². The number of imidazole rings is 1. The maximum absolute atomic E-state index is 14.1. The van der Waals surface area contributed by atoms with Gasteiger partial charge in [0.05, 0.1) is 27.9 Å². The van der Waals surface area contributed by atoms with Gasteiger partial charge >= 0.3 is 0 Å². The highest BCUT2D eigenvalue weighted by Crippen LogP contribution is 2.23. The minimum absolute atomic E-state index is 0.0120. The summed E-state index contributed by atoms with van der Waals surface area (Å²) in [5.41, 5.74) is 1.23. The van der Waals surface area contributed by atoms with Crippen molar-refractivity contribution in [2.75, 3.05) is 5.32 Å². The third-order valence-corrected chi connectivity index (χ3v) is 3.35. The molecule has 0 bridgehead atoms. The molecule has 0 saturated carbocycles. The summed E-state index contributed by atoms with van der Waals surface area (Å²) in [6, 6.07) is 6.54. The third-order valence-electron chi connectivity index (χ3n) is 3.06. The Morgan fingerprint density at radius 3 is 2.73 bits per heavy atom. The van der Waals surface area contributed by atoms with Crippen molar-refractivity contribution in [2.24, 2.45) is 5.16 Å². The first-order valence-electron chi connectivity index (χ1n) is 6.16. The highest BCUT2D eigenvalue weighted by Gasteiger charge is 2.17. The first-order valence-corrected chi connectivity index (χ1v) is 6.54. The number of H-pyrrole nitrogens is 1. The number of hydrogen-bond donors (Lipinski definition) is 3. The molecule has 3 aromatic rings. The van der Waals surface area contributed by atoms with Gasteiger partial charge in [0.1, 0.15) is 11.6 Å². The Hall–Kier alpha value is -2.67. The van der Waals surface area contributed by atoms with Crippen LogP contribution in [-0.2, 0) is 0 Å². The summed E-state index contributed by atoms with van der Waals surface area (Å²) in [7, 11) is 0. The molecule has 8 heteroatoms. The Morgan fingerprint density at radius 2 is 2.00 bits per heavy atom. The van der Waals surface area contributed by atoms with E-state index in [9.17, 15) is 14.0 Å². The normalized spacial score (nSPS) is 11.9. The van der Waals surface area contributed by atoms with Crippen LogP contribution in [0.1, 0.15) is 5.56 Å². The van der Waals surface area contributed by atoms with Gasteiger partial charge in [0.2, 0.25) is 0 Å². The molecule has 1 aromatic heterocycles. The van der Waals surface area contributed by atoms with Gasteiger partial charge in [0.15, 0.2) is 5.84 Å². The Kier molecular flexibility index (Phi) is 3.64. The summed E-state index contributed by atoms with van der Waals surface area (Å²) in [6.07, 6.45) is 1.40. The maximum Gasteiger partial charge on any atom is 0.182 e. The van der Waals surface area contributed by atoms with Crippen molar-refractivity contribution in [3.63, 3.8) is 0 Å². The lowest BCUT2D eigenvalue weighted by Crippen LogP contribution is -2.16. The van der Waals surface area contributed by atoms with Crippen LogP contribution in [0.15, 0.2) is 41.8 Å². The molecule has 1 heterocycles. The number of rotatable bonds is 2. The fourth-order valence-electron chi connectivity index (χ4n) is 2.07. The van der Waals surface area contributed by atoms with Gasteiger partial charge in [0, 0.05) is 5.69 Å². The highest BCUT2D eigenvalue weighted by atomic mass is 35.5. The van der Waals surface area contributed by atoms with Gasteiger partial charge in [-0.25, -0.2) is 13.8 Å². The van der Waals surface area contributed by atoms with Crippen LogP contribution in [-0.4, -0.2) is 21.0 Å². The first kappa shape index (κ1) is 14.3. The minimum atomic E-state index is -0.606. The molecular formula is C14H9ClF2N4O. The van der Waals surface area contributed by atoms with Gasteiger partial charge in [-0.15, -0.1) is 0 Å². The largest absolute Gasteiger partial charge is 0.409 e. The number of oxime groups is 1. The maximum atomic E-state index is 14.1. The predicted molar refractivity (Wildman–Crippen MR) is 79.4 cm³/mol. The Bertz CT molecular complexity index is 878. The van der Waals surface area contributed by atoms with Gasteiger partial charge in [-0.2, -0.15) is 0 Å². The number of benzene rings is 2. The molecule has 0 saturated heterocycles. The number of anilines is 1. The van der Waals surface area contributed by atoms with Crippen molar-refractivity contribution in [3.8, 4) is 0 Å². The molecule has 0 spiro atoms. The summed E-state index contributed by atoms with van der Waals surface area (Å²) < 4.78 is 27.3. The summed E-state index contributed by atoms with van der Waals surface area (Å²) in [5, 5.41) is 14.9. The molecule has 5 nitrogen and oxygen atoms in total. The molecular weight excluding hydrogens is 314 g/mol. The van der Waals surface area contributed by atoms with Crippen LogP contribution < -0.4 is 5.32 Å². The minimum Gasteiger partial charge on any atom is -0.409 e.